The van der Waals surface area contributed by atoms with Crippen molar-refractivity contribution in [1.82, 2.24) is 0 Å². The molecule has 2 aliphatic heterocycles. The van der Waals surface area contributed by atoms with Crippen molar-refractivity contribution in [3.8, 4) is 11.5 Å². The number of hydrogen-bond acceptors (Lipinski definition) is 4. The van der Waals surface area contributed by atoms with Crippen molar-refractivity contribution < 1.29 is 47.5 Å². The van der Waals surface area contributed by atoms with Gasteiger partial charge in [-0.25, -0.2) is 4.79 Å². The average Bonchev–Trinajstić information content (AvgIpc) is 2.71. The highest BCUT2D eigenvalue weighted by atomic mass is 127. The zero-order valence-corrected chi connectivity index (χ0v) is 20.3. The third-order valence-electron chi connectivity index (χ3n) is 6.59. The van der Waals surface area contributed by atoms with Crippen LogP contribution in [0, 0.1) is 5.92 Å². The van der Waals surface area contributed by atoms with E-state index < -0.39 is 0 Å². The summed E-state index contributed by atoms with van der Waals surface area (Å²) in [6.07, 6.45) is 8.35. The van der Waals surface area contributed by atoms with Crippen molar-refractivity contribution in [2.75, 3.05) is 40.5 Å². The standard InChI is InChI=1S/C23H36NO4.HI/c1-4-5-15-27-21-12-11-18(16-22(21)26-3)23(25)28-17-19-9-8-14-24(2)13-7-6-10-20(19)24;/h11-12,16,19-20H,4-10,13-15,17H2,1-3H3;1H/q+1;/p-1. The lowest BCUT2D eigenvalue weighted by Crippen LogP contribution is -3.00. The van der Waals surface area contributed by atoms with E-state index in [1.165, 1.54) is 49.7 Å². The summed E-state index contributed by atoms with van der Waals surface area (Å²) in [6.45, 7) is 5.84. The fourth-order valence-corrected chi connectivity index (χ4v) is 4.93. The molecule has 0 aromatic heterocycles. The van der Waals surface area contributed by atoms with Gasteiger partial charge in [0.25, 0.3) is 0 Å². The molecular weight excluding hydrogens is 481 g/mol. The molecule has 0 saturated carbocycles. The van der Waals surface area contributed by atoms with E-state index in [1.54, 1.807) is 25.3 Å². The van der Waals surface area contributed by atoms with E-state index in [9.17, 15) is 4.79 Å². The molecule has 0 spiro atoms. The van der Waals surface area contributed by atoms with E-state index >= 15 is 0 Å². The molecule has 164 valence electrons. The first-order valence-corrected chi connectivity index (χ1v) is 10.9. The molecule has 29 heavy (non-hydrogen) atoms. The van der Waals surface area contributed by atoms with Crippen LogP contribution in [0.2, 0.25) is 0 Å². The summed E-state index contributed by atoms with van der Waals surface area (Å²) in [5.74, 6) is 1.46. The van der Waals surface area contributed by atoms with Crippen LogP contribution in [-0.2, 0) is 4.74 Å². The highest BCUT2D eigenvalue weighted by Gasteiger charge is 2.43. The van der Waals surface area contributed by atoms with Crippen molar-refractivity contribution in [3.05, 3.63) is 23.8 Å². The molecule has 1 aromatic carbocycles. The monoisotopic (exact) mass is 517 g/mol. The van der Waals surface area contributed by atoms with Crippen LogP contribution in [-0.4, -0.2) is 57.0 Å². The predicted molar refractivity (Wildman–Crippen MR) is 110 cm³/mol. The van der Waals surface area contributed by atoms with Crippen molar-refractivity contribution in [3.63, 3.8) is 0 Å². The van der Waals surface area contributed by atoms with Crippen LogP contribution in [0.4, 0.5) is 0 Å². The highest BCUT2D eigenvalue weighted by Crippen LogP contribution is 2.36. The summed E-state index contributed by atoms with van der Waals surface area (Å²) < 4.78 is 18.1. The van der Waals surface area contributed by atoms with Gasteiger partial charge < -0.3 is 42.7 Å². The predicted octanol–water partition coefficient (Wildman–Crippen LogP) is 1.44. The Kier molecular flexibility index (Phi) is 9.53. The fourth-order valence-electron chi connectivity index (χ4n) is 4.93. The van der Waals surface area contributed by atoms with E-state index in [0.717, 1.165) is 12.8 Å². The summed E-state index contributed by atoms with van der Waals surface area (Å²) >= 11 is 0. The molecule has 2 heterocycles. The van der Waals surface area contributed by atoms with Crippen LogP contribution in [0.15, 0.2) is 18.2 Å². The number of rotatable bonds is 8. The molecule has 3 atom stereocenters. The lowest BCUT2D eigenvalue weighted by atomic mass is 9.82. The molecule has 2 aliphatic rings. The first-order valence-electron chi connectivity index (χ1n) is 10.9. The van der Waals surface area contributed by atoms with Gasteiger partial charge in [0, 0.05) is 12.3 Å². The van der Waals surface area contributed by atoms with Crippen LogP contribution in [0.5, 0.6) is 11.5 Å². The SMILES string of the molecule is CCCCOc1ccc(C(=O)OCC2CCC[N+]3(C)CCCCC23)cc1OC.[I-]. The number of ether oxygens (including phenoxy) is 3. The molecule has 3 unspecified atom stereocenters. The lowest BCUT2D eigenvalue weighted by molar-refractivity contribution is -0.947. The number of carbonyl (C=O) groups excluding carboxylic acids is 1. The molecule has 3 rings (SSSR count). The Morgan fingerprint density at radius 1 is 1.14 bits per heavy atom. The Hall–Kier alpha value is -1.02. The Bertz CT molecular complexity index is 664. The quantitative estimate of drug-likeness (QED) is 0.227. The van der Waals surface area contributed by atoms with Crippen LogP contribution in [0.1, 0.15) is 62.2 Å². The van der Waals surface area contributed by atoms with Gasteiger partial charge in [0.15, 0.2) is 11.5 Å². The minimum Gasteiger partial charge on any atom is -1.00 e. The van der Waals surface area contributed by atoms with Crippen LogP contribution >= 0.6 is 0 Å². The van der Waals surface area contributed by atoms with Gasteiger partial charge in [-0.3, -0.25) is 0 Å². The minimum atomic E-state index is -0.269. The largest absolute Gasteiger partial charge is 1.00 e. The number of methoxy groups -OCH3 is 1. The van der Waals surface area contributed by atoms with Gasteiger partial charge in [0.05, 0.1) is 45.5 Å². The number of hydrogen-bond donors (Lipinski definition) is 0. The zero-order chi connectivity index (χ0) is 20.0. The second-order valence-electron chi connectivity index (χ2n) is 8.56. The molecule has 0 bridgehead atoms. The van der Waals surface area contributed by atoms with Gasteiger partial charge in [-0.15, -0.1) is 0 Å². The van der Waals surface area contributed by atoms with E-state index in [2.05, 4.69) is 14.0 Å². The maximum Gasteiger partial charge on any atom is 0.338 e. The van der Waals surface area contributed by atoms with Gasteiger partial charge in [-0.2, -0.15) is 0 Å². The number of carbonyl (C=O) groups is 1. The molecule has 2 fully saturated rings. The second-order valence-corrected chi connectivity index (χ2v) is 8.56. The Labute approximate surface area is 192 Å². The number of nitrogens with zero attached hydrogens (tertiary/aromatic N) is 1. The summed E-state index contributed by atoms with van der Waals surface area (Å²) in [7, 11) is 3.99. The fraction of sp³-hybridized carbons (Fsp3) is 0.696. The molecule has 6 heteroatoms. The first kappa shape index (κ1) is 24.3. The summed E-state index contributed by atoms with van der Waals surface area (Å²) in [4.78, 5) is 12.6. The normalized spacial score (nSPS) is 26.0. The average molecular weight is 517 g/mol. The molecule has 5 nitrogen and oxygen atoms in total. The second kappa shape index (κ2) is 11.4. The number of fused-ring (bicyclic) bond motifs is 1. The van der Waals surface area contributed by atoms with Gasteiger partial charge >= 0.3 is 5.97 Å². The Balaban J connectivity index is 0.00000300. The molecule has 0 N–H and O–H groups in total. The number of benzene rings is 1. The zero-order valence-electron chi connectivity index (χ0n) is 18.1. The van der Waals surface area contributed by atoms with Crippen molar-refractivity contribution >= 4 is 5.97 Å². The third kappa shape index (κ3) is 6.00. The van der Waals surface area contributed by atoms with Gasteiger partial charge in [0.1, 0.15) is 6.61 Å². The number of piperidine rings is 2. The molecule has 0 radical (unpaired) electrons. The highest BCUT2D eigenvalue weighted by molar-refractivity contribution is 5.90. The van der Waals surface area contributed by atoms with Crippen molar-refractivity contribution in [2.45, 2.75) is 57.9 Å². The van der Waals surface area contributed by atoms with Gasteiger partial charge in [0.2, 0.25) is 0 Å². The smallest absolute Gasteiger partial charge is 0.338 e. The lowest BCUT2D eigenvalue weighted by Gasteiger charge is -2.51. The number of quaternary nitrogens is 1. The van der Waals surface area contributed by atoms with E-state index in [0.29, 0.717) is 42.2 Å². The van der Waals surface area contributed by atoms with Gasteiger partial charge in [-0.05, 0) is 50.3 Å². The number of esters is 1. The number of halogens is 1. The molecule has 1 aromatic rings. The van der Waals surface area contributed by atoms with Crippen LogP contribution in [0.25, 0.3) is 0 Å². The number of unbranched alkanes of at least 4 members (excludes halogenated alkanes) is 1. The first-order chi connectivity index (χ1) is 13.6. The maximum atomic E-state index is 12.6. The van der Waals surface area contributed by atoms with E-state index in [-0.39, 0.29) is 29.9 Å². The Morgan fingerprint density at radius 3 is 2.69 bits per heavy atom. The summed E-state index contributed by atoms with van der Waals surface area (Å²) in [5, 5.41) is 0. The van der Waals surface area contributed by atoms with Crippen molar-refractivity contribution in [2.24, 2.45) is 5.92 Å². The molecule has 0 amide bonds. The van der Waals surface area contributed by atoms with E-state index in [4.69, 9.17) is 14.2 Å². The van der Waals surface area contributed by atoms with Crippen molar-refractivity contribution in [1.29, 1.82) is 0 Å². The van der Waals surface area contributed by atoms with E-state index in [1.807, 2.05) is 0 Å². The van der Waals surface area contributed by atoms with Crippen LogP contribution < -0.4 is 33.5 Å². The maximum absolute atomic E-state index is 12.6. The summed E-state index contributed by atoms with van der Waals surface area (Å²) in [6, 6.07) is 5.94. The van der Waals surface area contributed by atoms with Gasteiger partial charge in [-0.1, -0.05) is 13.3 Å². The summed E-state index contributed by atoms with van der Waals surface area (Å²) in [5.41, 5.74) is 0.524. The molecule has 0 aliphatic carbocycles. The Morgan fingerprint density at radius 2 is 1.93 bits per heavy atom. The van der Waals surface area contributed by atoms with Crippen LogP contribution in [0.3, 0.4) is 0 Å². The minimum absolute atomic E-state index is 0. The molecular formula is C23H36INO4. The molecule has 2 saturated heterocycles. The topological polar surface area (TPSA) is 44.8 Å². The third-order valence-corrected chi connectivity index (χ3v) is 6.59.